The average Bonchev–Trinajstić information content (AvgIpc) is 3.21. The number of aromatic nitrogens is 3. The summed E-state index contributed by atoms with van der Waals surface area (Å²) < 4.78 is 6.98. The Labute approximate surface area is 204 Å². The second-order valence-corrected chi connectivity index (χ2v) is 9.15. The normalized spacial score (nSPS) is 11.8. The maximum atomic E-state index is 12.8. The summed E-state index contributed by atoms with van der Waals surface area (Å²) in [5, 5.41) is 15.1. The molecule has 0 aliphatic heterocycles. The first-order valence-corrected chi connectivity index (χ1v) is 12.2. The van der Waals surface area contributed by atoms with Crippen LogP contribution in [0.25, 0.3) is 0 Å². The van der Waals surface area contributed by atoms with Gasteiger partial charge in [-0.15, -0.1) is 10.2 Å². The number of nitrogens with one attached hydrogen (secondary N) is 2. The van der Waals surface area contributed by atoms with Crippen LogP contribution >= 0.6 is 11.8 Å². The first-order chi connectivity index (χ1) is 16.3. The third-order valence-electron chi connectivity index (χ3n) is 5.43. The predicted molar refractivity (Wildman–Crippen MR) is 134 cm³/mol. The summed E-state index contributed by atoms with van der Waals surface area (Å²) in [4.78, 5) is 25.2. The van der Waals surface area contributed by atoms with Gasteiger partial charge in [0.25, 0.3) is 5.91 Å². The number of ether oxygens (including phenoxy) is 1. The molecule has 34 heavy (non-hydrogen) atoms. The van der Waals surface area contributed by atoms with Gasteiger partial charge in [0.05, 0.1) is 18.9 Å². The molecule has 0 saturated carbocycles. The van der Waals surface area contributed by atoms with Crippen molar-refractivity contribution in [1.82, 2.24) is 20.1 Å². The van der Waals surface area contributed by atoms with Gasteiger partial charge in [-0.2, -0.15) is 0 Å². The van der Waals surface area contributed by atoms with Gasteiger partial charge < -0.3 is 19.9 Å². The number of hydrogen-bond acceptors (Lipinski definition) is 6. The fourth-order valence-electron chi connectivity index (χ4n) is 3.37. The second-order valence-electron chi connectivity index (χ2n) is 8.21. The molecule has 1 atom stereocenters. The second kappa shape index (κ2) is 11.7. The van der Waals surface area contributed by atoms with Crippen LogP contribution in [0.3, 0.4) is 0 Å². The molecule has 0 fully saturated rings. The summed E-state index contributed by atoms with van der Waals surface area (Å²) in [5.41, 5.74) is 2.52. The van der Waals surface area contributed by atoms with Gasteiger partial charge in [-0.05, 0) is 54.3 Å². The molecule has 0 saturated heterocycles. The van der Waals surface area contributed by atoms with E-state index >= 15 is 0 Å². The smallest absolute Gasteiger partial charge is 0.251 e. The van der Waals surface area contributed by atoms with E-state index in [-0.39, 0.29) is 29.5 Å². The van der Waals surface area contributed by atoms with E-state index in [1.807, 2.05) is 49.7 Å². The number of carbonyl (C=O) groups is 2. The van der Waals surface area contributed by atoms with Crippen molar-refractivity contribution in [3.05, 3.63) is 65.5 Å². The van der Waals surface area contributed by atoms with Crippen LogP contribution in [0.4, 0.5) is 5.69 Å². The van der Waals surface area contributed by atoms with E-state index < -0.39 is 0 Å². The number of thioether (sulfide) groups is 1. The summed E-state index contributed by atoms with van der Waals surface area (Å²) in [6.45, 7) is 6.11. The monoisotopic (exact) mass is 481 g/mol. The minimum absolute atomic E-state index is 0.0809. The van der Waals surface area contributed by atoms with Crippen molar-refractivity contribution in [2.75, 3.05) is 18.2 Å². The van der Waals surface area contributed by atoms with E-state index in [0.29, 0.717) is 22.3 Å². The Hall–Kier alpha value is -3.33. The van der Waals surface area contributed by atoms with Gasteiger partial charge in [-0.25, -0.2) is 0 Å². The quantitative estimate of drug-likeness (QED) is 0.420. The summed E-state index contributed by atoms with van der Waals surface area (Å²) in [5.74, 6) is 1.28. The highest BCUT2D eigenvalue weighted by molar-refractivity contribution is 7.99. The molecular formula is C25H31N5O3S. The van der Waals surface area contributed by atoms with Crippen molar-refractivity contribution < 1.29 is 14.3 Å². The zero-order valence-corrected chi connectivity index (χ0v) is 21.0. The molecule has 0 aliphatic carbocycles. The number of hydrogen-bond donors (Lipinski definition) is 2. The first-order valence-electron chi connectivity index (χ1n) is 11.2. The molecule has 3 rings (SSSR count). The van der Waals surface area contributed by atoms with Gasteiger partial charge >= 0.3 is 0 Å². The summed E-state index contributed by atoms with van der Waals surface area (Å²) in [7, 11) is 3.43. The Kier molecular flexibility index (Phi) is 8.70. The number of amides is 2. The highest BCUT2D eigenvalue weighted by Gasteiger charge is 2.25. The number of methoxy groups -OCH3 is 1. The van der Waals surface area contributed by atoms with Gasteiger partial charge in [0.1, 0.15) is 5.75 Å². The molecule has 3 aromatic rings. The third kappa shape index (κ3) is 6.38. The van der Waals surface area contributed by atoms with Crippen LogP contribution in [-0.2, 0) is 18.3 Å². The molecule has 2 amide bonds. The van der Waals surface area contributed by atoms with Crippen LogP contribution in [-0.4, -0.2) is 39.4 Å². The zero-order chi connectivity index (χ0) is 24.7. The van der Waals surface area contributed by atoms with Gasteiger partial charge in [-0.3, -0.25) is 9.59 Å². The van der Waals surface area contributed by atoms with E-state index in [4.69, 9.17) is 4.74 Å². The van der Waals surface area contributed by atoms with Crippen molar-refractivity contribution in [3.8, 4) is 5.75 Å². The lowest BCUT2D eigenvalue weighted by molar-refractivity contribution is -0.113. The van der Waals surface area contributed by atoms with Crippen molar-refractivity contribution in [1.29, 1.82) is 0 Å². The SMILES string of the molecule is CCc1ccc(NC(=O)CSc2nnc([C@@H](NC(=O)c3ccc(OC)cc3)C(C)C)n2C)cc1. The minimum atomic E-state index is -0.340. The van der Waals surface area contributed by atoms with Crippen LogP contribution in [0.5, 0.6) is 5.75 Å². The van der Waals surface area contributed by atoms with Gasteiger partial charge in [0.15, 0.2) is 11.0 Å². The molecule has 1 heterocycles. The Morgan fingerprint density at radius 3 is 2.32 bits per heavy atom. The van der Waals surface area contributed by atoms with E-state index in [0.717, 1.165) is 12.1 Å². The molecule has 180 valence electrons. The number of benzene rings is 2. The topological polar surface area (TPSA) is 98.1 Å². The fourth-order valence-corrected chi connectivity index (χ4v) is 4.09. The first kappa shape index (κ1) is 25.3. The van der Waals surface area contributed by atoms with Gasteiger partial charge in [-0.1, -0.05) is 44.7 Å². The average molecular weight is 482 g/mol. The van der Waals surface area contributed by atoms with E-state index in [2.05, 4.69) is 27.8 Å². The minimum Gasteiger partial charge on any atom is -0.497 e. The largest absolute Gasteiger partial charge is 0.497 e. The lowest BCUT2D eigenvalue weighted by Gasteiger charge is -2.21. The Morgan fingerprint density at radius 1 is 1.06 bits per heavy atom. The van der Waals surface area contributed by atoms with E-state index in [1.54, 1.807) is 31.4 Å². The van der Waals surface area contributed by atoms with E-state index in [1.165, 1.54) is 17.3 Å². The van der Waals surface area contributed by atoms with Crippen molar-refractivity contribution >= 4 is 29.3 Å². The van der Waals surface area contributed by atoms with Crippen molar-refractivity contribution in [2.24, 2.45) is 13.0 Å². The Balaban J connectivity index is 1.63. The number of rotatable bonds is 10. The van der Waals surface area contributed by atoms with E-state index in [9.17, 15) is 9.59 Å². The molecule has 0 unspecified atom stereocenters. The van der Waals surface area contributed by atoms with Crippen LogP contribution in [0.2, 0.25) is 0 Å². The lowest BCUT2D eigenvalue weighted by Crippen LogP contribution is -2.33. The van der Waals surface area contributed by atoms with Crippen LogP contribution in [0.1, 0.15) is 48.6 Å². The highest BCUT2D eigenvalue weighted by atomic mass is 32.2. The standard InChI is InChI=1S/C25H31N5O3S/c1-6-17-7-11-19(12-8-17)26-21(31)15-34-25-29-28-23(30(25)4)22(16(2)3)27-24(32)18-9-13-20(33-5)14-10-18/h7-14,16,22H,6,15H2,1-5H3,(H,26,31)(H,27,32)/t22-/m0/s1. The number of carbonyl (C=O) groups excluding carboxylic acids is 2. The maximum Gasteiger partial charge on any atom is 0.251 e. The fraction of sp³-hybridized carbons (Fsp3) is 0.360. The third-order valence-corrected chi connectivity index (χ3v) is 6.45. The lowest BCUT2D eigenvalue weighted by atomic mass is 10.0. The summed E-state index contributed by atoms with van der Waals surface area (Å²) in [6, 6.07) is 14.4. The Morgan fingerprint density at radius 2 is 1.74 bits per heavy atom. The number of anilines is 1. The van der Waals surface area contributed by atoms with Gasteiger partial charge in [0, 0.05) is 18.3 Å². The molecule has 0 spiro atoms. The van der Waals surface area contributed by atoms with Crippen LogP contribution in [0.15, 0.2) is 53.7 Å². The molecule has 0 aliphatic rings. The maximum absolute atomic E-state index is 12.8. The van der Waals surface area contributed by atoms with Gasteiger partial charge in [0.2, 0.25) is 5.91 Å². The number of nitrogens with zero attached hydrogens (tertiary/aromatic N) is 3. The molecule has 2 aromatic carbocycles. The number of aryl methyl sites for hydroxylation is 1. The van der Waals surface area contributed by atoms with Crippen LogP contribution in [0, 0.1) is 5.92 Å². The zero-order valence-electron chi connectivity index (χ0n) is 20.2. The molecule has 9 heteroatoms. The summed E-state index contributed by atoms with van der Waals surface area (Å²) >= 11 is 1.30. The van der Waals surface area contributed by atoms with Crippen molar-refractivity contribution in [2.45, 2.75) is 38.4 Å². The Bertz CT molecular complexity index is 1110. The highest BCUT2D eigenvalue weighted by Crippen LogP contribution is 2.25. The van der Waals surface area contributed by atoms with Crippen molar-refractivity contribution in [3.63, 3.8) is 0 Å². The molecule has 2 N–H and O–H groups in total. The molecule has 8 nitrogen and oxygen atoms in total. The molecule has 0 bridgehead atoms. The molecular weight excluding hydrogens is 450 g/mol. The summed E-state index contributed by atoms with van der Waals surface area (Å²) in [6.07, 6.45) is 0.955. The molecule has 0 radical (unpaired) electrons. The van der Waals surface area contributed by atoms with Crippen LogP contribution < -0.4 is 15.4 Å². The molecule has 1 aromatic heterocycles. The predicted octanol–water partition coefficient (Wildman–Crippen LogP) is 4.24.